The van der Waals surface area contributed by atoms with Crippen molar-refractivity contribution in [1.82, 2.24) is 0 Å². The Morgan fingerprint density at radius 2 is 1.70 bits per heavy atom. The van der Waals surface area contributed by atoms with Gasteiger partial charge in [-0.1, -0.05) is 48.5 Å². The molecule has 3 rings (SSSR count). The topological polar surface area (TPSA) is 59.7 Å². The van der Waals surface area contributed by atoms with Crippen molar-refractivity contribution < 1.29 is 19.1 Å². The molecule has 0 radical (unpaired) electrons. The second-order valence-corrected chi connectivity index (χ2v) is 5.13. The average molecular weight is 308 g/mol. The van der Waals surface area contributed by atoms with Crippen LogP contribution in [-0.4, -0.2) is 11.1 Å². The summed E-state index contributed by atoms with van der Waals surface area (Å²) in [5.41, 5.74) is 2.03. The maximum atomic E-state index is 10.9. The number of benzene rings is 2. The van der Waals surface area contributed by atoms with E-state index >= 15 is 0 Å². The molecular weight excluding hydrogens is 292 g/mol. The molecule has 1 atom stereocenters. The first kappa shape index (κ1) is 14.9. The van der Waals surface area contributed by atoms with Gasteiger partial charge in [-0.15, -0.1) is 0 Å². The number of ether oxygens (including phenoxy) is 1. The summed E-state index contributed by atoms with van der Waals surface area (Å²) < 4.78 is 11.3. The van der Waals surface area contributed by atoms with E-state index in [1.54, 1.807) is 6.07 Å². The Balaban J connectivity index is 1.86. The lowest BCUT2D eigenvalue weighted by Crippen LogP contribution is -2.03. The van der Waals surface area contributed by atoms with E-state index in [1.807, 2.05) is 61.5 Å². The number of furan rings is 1. The first-order chi connectivity index (χ1) is 11.1. The van der Waals surface area contributed by atoms with Crippen molar-refractivity contribution in [3.8, 4) is 16.9 Å². The number of para-hydroxylation sites is 1. The van der Waals surface area contributed by atoms with Crippen LogP contribution >= 0.6 is 0 Å². The van der Waals surface area contributed by atoms with Gasteiger partial charge in [0.15, 0.2) is 6.10 Å². The fourth-order valence-electron chi connectivity index (χ4n) is 2.36. The largest absolute Gasteiger partial charge is 0.482 e. The third-order valence-electron chi connectivity index (χ3n) is 3.51. The Bertz CT molecular complexity index is 805. The highest BCUT2D eigenvalue weighted by Crippen LogP contribution is 2.33. The van der Waals surface area contributed by atoms with E-state index in [0.717, 1.165) is 16.9 Å². The van der Waals surface area contributed by atoms with Crippen molar-refractivity contribution in [3.05, 3.63) is 78.3 Å². The number of rotatable bonds is 5. The summed E-state index contributed by atoms with van der Waals surface area (Å²) >= 11 is 0. The molecule has 2 aromatic carbocycles. The van der Waals surface area contributed by atoms with Crippen molar-refractivity contribution in [2.75, 3.05) is 0 Å². The SMILES string of the molecule is CC(Oc1ccccc1-c1ccccc1)c1ccc(C(=O)O)o1. The number of hydrogen-bond donors (Lipinski definition) is 1. The van der Waals surface area contributed by atoms with E-state index in [-0.39, 0.29) is 5.76 Å². The molecule has 0 aliphatic carbocycles. The normalized spacial score (nSPS) is 11.9. The lowest BCUT2D eigenvalue weighted by molar-refractivity contribution is 0.0655. The Kier molecular flexibility index (Phi) is 4.15. The molecule has 0 fully saturated rings. The van der Waals surface area contributed by atoms with Gasteiger partial charge in [-0.2, -0.15) is 0 Å². The van der Waals surface area contributed by atoms with Crippen LogP contribution in [0.15, 0.2) is 71.1 Å². The predicted octanol–water partition coefficient (Wildman–Crippen LogP) is 4.78. The van der Waals surface area contributed by atoms with Crippen molar-refractivity contribution in [2.24, 2.45) is 0 Å². The van der Waals surface area contributed by atoms with Crippen molar-refractivity contribution in [1.29, 1.82) is 0 Å². The second-order valence-electron chi connectivity index (χ2n) is 5.13. The minimum atomic E-state index is -1.09. The molecule has 0 saturated heterocycles. The number of aromatic carboxylic acids is 1. The monoisotopic (exact) mass is 308 g/mol. The highest BCUT2D eigenvalue weighted by atomic mass is 16.5. The molecular formula is C19H16O4. The zero-order chi connectivity index (χ0) is 16.2. The zero-order valence-electron chi connectivity index (χ0n) is 12.6. The predicted molar refractivity (Wildman–Crippen MR) is 86.6 cm³/mol. The van der Waals surface area contributed by atoms with Crippen LogP contribution in [0.5, 0.6) is 5.75 Å². The minimum Gasteiger partial charge on any atom is -0.482 e. The van der Waals surface area contributed by atoms with Gasteiger partial charge in [-0.3, -0.25) is 0 Å². The molecule has 1 unspecified atom stereocenters. The molecule has 1 aromatic heterocycles. The highest BCUT2D eigenvalue weighted by molar-refractivity contribution is 5.84. The fraction of sp³-hybridized carbons (Fsp3) is 0.105. The second kappa shape index (κ2) is 6.40. The summed E-state index contributed by atoms with van der Waals surface area (Å²) in [6, 6.07) is 20.7. The number of carbonyl (C=O) groups is 1. The van der Waals surface area contributed by atoms with Gasteiger partial charge < -0.3 is 14.3 Å². The van der Waals surface area contributed by atoms with E-state index in [9.17, 15) is 4.79 Å². The lowest BCUT2D eigenvalue weighted by atomic mass is 10.0. The first-order valence-corrected chi connectivity index (χ1v) is 7.29. The molecule has 0 aliphatic rings. The molecule has 0 spiro atoms. The van der Waals surface area contributed by atoms with Gasteiger partial charge in [0, 0.05) is 5.56 Å². The molecule has 0 aliphatic heterocycles. The molecule has 23 heavy (non-hydrogen) atoms. The maximum absolute atomic E-state index is 10.9. The maximum Gasteiger partial charge on any atom is 0.371 e. The van der Waals surface area contributed by atoms with Crippen LogP contribution in [0, 0.1) is 0 Å². The lowest BCUT2D eigenvalue weighted by Gasteiger charge is -2.16. The van der Waals surface area contributed by atoms with Crippen LogP contribution in [-0.2, 0) is 0 Å². The van der Waals surface area contributed by atoms with E-state index in [0.29, 0.717) is 5.76 Å². The molecule has 0 amide bonds. The molecule has 4 heteroatoms. The molecule has 1 heterocycles. The Hall–Kier alpha value is -3.01. The van der Waals surface area contributed by atoms with Gasteiger partial charge in [0.05, 0.1) is 0 Å². The summed E-state index contributed by atoms with van der Waals surface area (Å²) in [6.07, 6.45) is -0.395. The Morgan fingerprint density at radius 3 is 2.39 bits per heavy atom. The van der Waals surface area contributed by atoms with E-state index in [2.05, 4.69) is 0 Å². The van der Waals surface area contributed by atoms with Crippen molar-refractivity contribution in [3.63, 3.8) is 0 Å². The average Bonchev–Trinajstić information content (AvgIpc) is 3.07. The van der Waals surface area contributed by atoms with Gasteiger partial charge >= 0.3 is 5.97 Å². The molecule has 0 bridgehead atoms. The number of hydrogen-bond acceptors (Lipinski definition) is 3. The Labute approximate surface area is 134 Å². The Morgan fingerprint density at radius 1 is 1.00 bits per heavy atom. The molecule has 116 valence electrons. The van der Waals surface area contributed by atoms with E-state index in [4.69, 9.17) is 14.3 Å². The fourth-order valence-corrected chi connectivity index (χ4v) is 2.36. The molecule has 0 saturated carbocycles. The summed E-state index contributed by atoms with van der Waals surface area (Å²) in [7, 11) is 0. The first-order valence-electron chi connectivity index (χ1n) is 7.29. The van der Waals surface area contributed by atoms with E-state index in [1.165, 1.54) is 6.07 Å². The minimum absolute atomic E-state index is 0.0909. The third kappa shape index (κ3) is 3.26. The van der Waals surface area contributed by atoms with Crippen LogP contribution in [0.1, 0.15) is 29.3 Å². The summed E-state index contributed by atoms with van der Waals surface area (Å²) in [4.78, 5) is 10.9. The van der Waals surface area contributed by atoms with Gasteiger partial charge in [0.1, 0.15) is 11.5 Å². The number of carboxylic acids is 1. The molecule has 3 aromatic rings. The summed E-state index contributed by atoms with van der Waals surface area (Å²) in [5.74, 6) is 0.0182. The quantitative estimate of drug-likeness (QED) is 0.736. The van der Waals surface area contributed by atoms with Gasteiger partial charge in [-0.05, 0) is 30.7 Å². The summed E-state index contributed by atoms with van der Waals surface area (Å²) in [6.45, 7) is 1.83. The molecule has 4 nitrogen and oxygen atoms in total. The smallest absolute Gasteiger partial charge is 0.371 e. The van der Waals surface area contributed by atoms with Gasteiger partial charge in [0.25, 0.3) is 0 Å². The van der Waals surface area contributed by atoms with Crippen LogP contribution in [0.2, 0.25) is 0 Å². The van der Waals surface area contributed by atoms with Crippen LogP contribution in [0.3, 0.4) is 0 Å². The number of carboxylic acid groups (broad SMARTS) is 1. The van der Waals surface area contributed by atoms with Crippen molar-refractivity contribution in [2.45, 2.75) is 13.0 Å². The van der Waals surface area contributed by atoms with Gasteiger partial charge in [0.2, 0.25) is 5.76 Å². The van der Waals surface area contributed by atoms with Crippen LogP contribution in [0.4, 0.5) is 0 Å². The van der Waals surface area contributed by atoms with E-state index < -0.39 is 12.1 Å². The highest BCUT2D eigenvalue weighted by Gasteiger charge is 2.17. The van der Waals surface area contributed by atoms with Crippen molar-refractivity contribution >= 4 is 5.97 Å². The van der Waals surface area contributed by atoms with Gasteiger partial charge in [-0.25, -0.2) is 4.79 Å². The third-order valence-corrected chi connectivity index (χ3v) is 3.51. The standard InChI is InChI=1S/C19H16O4/c1-13(16-11-12-18(23-16)19(20)21)22-17-10-6-5-9-15(17)14-7-3-2-4-8-14/h2-13H,1H3,(H,20,21). The summed E-state index contributed by atoms with van der Waals surface area (Å²) in [5, 5.41) is 8.93. The van der Waals surface area contributed by atoms with Crippen LogP contribution in [0.25, 0.3) is 11.1 Å². The molecule has 1 N–H and O–H groups in total. The van der Waals surface area contributed by atoms with Crippen LogP contribution < -0.4 is 4.74 Å². The zero-order valence-corrected chi connectivity index (χ0v) is 12.6.